The molecule has 2 N–H and O–H groups in total. The second kappa shape index (κ2) is 6.57. The summed E-state index contributed by atoms with van der Waals surface area (Å²) in [4.78, 5) is 33.7. The van der Waals surface area contributed by atoms with Crippen molar-refractivity contribution in [1.29, 1.82) is 0 Å². The molecule has 0 amide bonds. The van der Waals surface area contributed by atoms with E-state index in [-0.39, 0.29) is 23.5 Å². The lowest BCUT2D eigenvalue weighted by Gasteiger charge is -2.17. The van der Waals surface area contributed by atoms with Gasteiger partial charge in [-0.25, -0.2) is 9.78 Å². The van der Waals surface area contributed by atoms with Crippen LogP contribution in [0.2, 0.25) is 0 Å². The highest BCUT2D eigenvalue weighted by molar-refractivity contribution is 7.18. The summed E-state index contributed by atoms with van der Waals surface area (Å²) in [6.45, 7) is 2.06. The van der Waals surface area contributed by atoms with Gasteiger partial charge in [0.25, 0.3) is 5.56 Å². The Morgan fingerprint density at radius 3 is 3.04 bits per heavy atom. The van der Waals surface area contributed by atoms with Gasteiger partial charge >= 0.3 is 5.97 Å². The number of hydrogen-bond donors (Lipinski definition) is 2. The number of aryl methyl sites for hydroxylation is 1. The standard InChI is InChI=1S/C19H18N2O4S/c1-10-6-7-12-14(8-10)26-18-16(12)17(23)20-15(21-18)9-25-19(24)11-4-2-3-5-13(11)22/h2-5,10,22H,6-9H2,1H3,(H,20,21,23)/t10-/m0/s1. The number of esters is 1. The summed E-state index contributed by atoms with van der Waals surface area (Å²) in [5, 5.41) is 10.4. The average Bonchev–Trinajstić information content (AvgIpc) is 2.97. The third-order valence-corrected chi connectivity index (χ3v) is 5.83. The van der Waals surface area contributed by atoms with Crippen LogP contribution < -0.4 is 5.56 Å². The Morgan fingerprint density at radius 1 is 1.42 bits per heavy atom. The fourth-order valence-corrected chi connectivity index (χ4v) is 4.72. The number of ether oxygens (including phenoxy) is 1. The summed E-state index contributed by atoms with van der Waals surface area (Å²) in [6.07, 6.45) is 2.97. The number of aromatic hydroxyl groups is 1. The van der Waals surface area contributed by atoms with Crippen molar-refractivity contribution in [1.82, 2.24) is 9.97 Å². The highest BCUT2D eigenvalue weighted by atomic mass is 32.1. The maximum Gasteiger partial charge on any atom is 0.342 e. The number of fused-ring (bicyclic) bond motifs is 3. The molecule has 0 saturated carbocycles. The summed E-state index contributed by atoms with van der Waals surface area (Å²) >= 11 is 1.55. The van der Waals surface area contributed by atoms with Gasteiger partial charge in [0.15, 0.2) is 0 Å². The van der Waals surface area contributed by atoms with Crippen molar-refractivity contribution in [2.75, 3.05) is 0 Å². The van der Waals surface area contributed by atoms with Crippen LogP contribution in [0.5, 0.6) is 5.75 Å². The summed E-state index contributed by atoms with van der Waals surface area (Å²) in [5.41, 5.74) is 1.02. The van der Waals surface area contributed by atoms with Gasteiger partial charge in [0.1, 0.15) is 28.6 Å². The summed E-state index contributed by atoms with van der Waals surface area (Å²) in [7, 11) is 0. The number of rotatable bonds is 3. The van der Waals surface area contributed by atoms with Crippen molar-refractivity contribution in [3.05, 3.63) is 56.4 Å². The number of benzene rings is 1. The molecule has 1 atom stereocenters. The number of aromatic nitrogens is 2. The molecule has 0 unspecified atom stereocenters. The molecule has 4 rings (SSSR count). The van der Waals surface area contributed by atoms with Crippen molar-refractivity contribution in [2.45, 2.75) is 32.8 Å². The van der Waals surface area contributed by atoms with Crippen molar-refractivity contribution >= 4 is 27.5 Å². The van der Waals surface area contributed by atoms with Crippen LogP contribution in [-0.2, 0) is 24.2 Å². The lowest BCUT2D eigenvalue weighted by Crippen LogP contribution is -2.16. The maximum atomic E-state index is 12.5. The summed E-state index contributed by atoms with van der Waals surface area (Å²) < 4.78 is 5.19. The van der Waals surface area contributed by atoms with E-state index in [0.29, 0.717) is 22.0 Å². The van der Waals surface area contributed by atoms with Gasteiger partial charge in [-0.1, -0.05) is 19.1 Å². The molecule has 2 aromatic heterocycles. The van der Waals surface area contributed by atoms with E-state index >= 15 is 0 Å². The van der Waals surface area contributed by atoms with E-state index in [4.69, 9.17) is 4.74 Å². The van der Waals surface area contributed by atoms with Gasteiger partial charge < -0.3 is 14.8 Å². The molecule has 2 heterocycles. The molecular formula is C19H18N2O4S. The topological polar surface area (TPSA) is 92.3 Å². The Balaban J connectivity index is 1.59. The second-order valence-electron chi connectivity index (χ2n) is 6.64. The molecule has 0 fully saturated rings. The van der Waals surface area contributed by atoms with Crippen LogP contribution in [0.1, 0.15) is 40.0 Å². The van der Waals surface area contributed by atoms with Crippen molar-refractivity contribution in [3.8, 4) is 5.75 Å². The number of nitrogens with zero attached hydrogens (tertiary/aromatic N) is 1. The number of phenols is 1. The van der Waals surface area contributed by atoms with E-state index in [1.54, 1.807) is 23.5 Å². The molecule has 0 bridgehead atoms. The number of phenolic OH excluding ortho intramolecular Hbond substituents is 1. The lowest BCUT2D eigenvalue weighted by molar-refractivity contribution is 0.0459. The maximum absolute atomic E-state index is 12.5. The zero-order valence-corrected chi connectivity index (χ0v) is 15.1. The van der Waals surface area contributed by atoms with Crippen molar-refractivity contribution in [2.24, 2.45) is 5.92 Å². The number of carbonyl (C=O) groups excluding carboxylic acids is 1. The van der Waals surface area contributed by atoms with Gasteiger partial charge in [-0.05, 0) is 42.9 Å². The smallest absolute Gasteiger partial charge is 0.342 e. The first-order valence-corrected chi connectivity index (χ1v) is 9.33. The Labute approximate surface area is 153 Å². The number of hydrogen-bond acceptors (Lipinski definition) is 6. The first kappa shape index (κ1) is 16.8. The summed E-state index contributed by atoms with van der Waals surface area (Å²) in [6, 6.07) is 6.16. The van der Waals surface area contributed by atoms with E-state index in [1.807, 2.05) is 0 Å². The largest absolute Gasteiger partial charge is 0.507 e. The van der Waals surface area contributed by atoms with Gasteiger partial charge in [0.2, 0.25) is 0 Å². The van der Waals surface area contributed by atoms with E-state index in [2.05, 4.69) is 16.9 Å². The van der Waals surface area contributed by atoms with Gasteiger partial charge in [-0.2, -0.15) is 0 Å². The zero-order chi connectivity index (χ0) is 18.3. The second-order valence-corrected chi connectivity index (χ2v) is 7.72. The van der Waals surface area contributed by atoms with E-state index in [1.165, 1.54) is 17.0 Å². The summed E-state index contributed by atoms with van der Waals surface area (Å²) in [5.74, 6) is 0.117. The Hall–Kier alpha value is -2.67. The number of carbonyl (C=O) groups is 1. The van der Waals surface area contributed by atoms with Crippen LogP contribution >= 0.6 is 11.3 Å². The zero-order valence-electron chi connectivity index (χ0n) is 14.2. The third kappa shape index (κ3) is 2.99. The van der Waals surface area contributed by atoms with Crippen molar-refractivity contribution < 1.29 is 14.6 Å². The van der Waals surface area contributed by atoms with Crippen LogP contribution in [0.4, 0.5) is 0 Å². The SMILES string of the molecule is C[C@H]1CCc2c(sc3nc(COC(=O)c4ccccc4O)[nH]c(=O)c23)C1. The van der Waals surface area contributed by atoms with Crippen LogP contribution in [0.25, 0.3) is 10.2 Å². The Kier molecular flexibility index (Phi) is 4.24. The van der Waals surface area contributed by atoms with Crippen molar-refractivity contribution in [3.63, 3.8) is 0 Å². The molecule has 3 aromatic rings. The molecule has 0 spiro atoms. The van der Waals surface area contributed by atoms with Gasteiger partial charge in [0.05, 0.1) is 5.39 Å². The molecule has 6 nitrogen and oxygen atoms in total. The monoisotopic (exact) mass is 370 g/mol. The van der Waals surface area contributed by atoms with Crippen LogP contribution in [0.3, 0.4) is 0 Å². The minimum atomic E-state index is -0.662. The molecule has 26 heavy (non-hydrogen) atoms. The average molecular weight is 370 g/mol. The predicted molar refractivity (Wildman–Crippen MR) is 98.7 cm³/mol. The van der Waals surface area contributed by atoms with Gasteiger partial charge in [-0.3, -0.25) is 4.79 Å². The van der Waals surface area contributed by atoms with Gasteiger partial charge in [0, 0.05) is 4.88 Å². The van der Waals surface area contributed by atoms with Crippen LogP contribution in [-0.4, -0.2) is 21.0 Å². The first-order valence-electron chi connectivity index (χ1n) is 8.51. The molecular weight excluding hydrogens is 352 g/mol. The molecule has 1 aliphatic rings. The molecule has 1 aromatic carbocycles. The Bertz CT molecular complexity index is 1050. The molecule has 0 radical (unpaired) electrons. The van der Waals surface area contributed by atoms with E-state index in [0.717, 1.165) is 24.8 Å². The highest BCUT2D eigenvalue weighted by Crippen LogP contribution is 2.35. The molecule has 0 saturated heterocycles. The third-order valence-electron chi connectivity index (χ3n) is 4.68. The number of aromatic amines is 1. The van der Waals surface area contributed by atoms with Crippen LogP contribution in [0, 0.1) is 5.92 Å². The lowest BCUT2D eigenvalue weighted by atomic mass is 9.89. The Morgan fingerprint density at radius 2 is 2.23 bits per heavy atom. The van der Waals surface area contributed by atoms with Gasteiger partial charge in [-0.15, -0.1) is 11.3 Å². The minimum Gasteiger partial charge on any atom is -0.507 e. The fraction of sp³-hybridized carbons (Fsp3) is 0.316. The number of thiophene rings is 1. The minimum absolute atomic E-state index is 0.0801. The van der Waals surface area contributed by atoms with E-state index < -0.39 is 5.97 Å². The first-order chi connectivity index (χ1) is 12.5. The molecule has 134 valence electrons. The number of para-hydroxylation sites is 1. The van der Waals surface area contributed by atoms with Crippen LogP contribution in [0.15, 0.2) is 29.1 Å². The number of nitrogens with one attached hydrogen (secondary N) is 1. The fourth-order valence-electron chi connectivity index (χ4n) is 3.32. The van der Waals surface area contributed by atoms with E-state index in [9.17, 15) is 14.7 Å². The molecule has 0 aliphatic heterocycles. The molecule has 1 aliphatic carbocycles. The quantitative estimate of drug-likeness (QED) is 0.691. The molecule has 7 heteroatoms. The normalized spacial score (nSPS) is 16.4. The highest BCUT2D eigenvalue weighted by Gasteiger charge is 2.23. The number of H-pyrrole nitrogens is 1. The predicted octanol–water partition coefficient (Wildman–Crippen LogP) is 3.17.